The van der Waals surface area contributed by atoms with Crippen molar-refractivity contribution in [1.29, 1.82) is 0 Å². The van der Waals surface area contributed by atoms with Crippen LogP contribution in [-0.4, -0.2) is 18.5 Å². The molecule has 2 unspecified atom stereocenters. The third-order valence-corrected chi connectivity index (χ3v) is 3.53. The molecule has 0 bridgehead atoms. The summed E-state index contributed by atoms with van der Waals surface area (Å²) in [7, 11) is 0. The van der Waals surface area contributed by atoms with Gasteiger partial charge in [-0.1, -0.05) is 31.2 Å². The van der Waals surface area contributed by atoms with E-state index in [1.807, 2.05) is 6.92 Å². The summed E-state index contributed by atoms with van der Waals surface area (Å²) in [5, 5.41) is 6.36. The molecule has 0 saturated carbocycles. The van der Waals surface area contributed by atoms with Crippen molar-refractivity contribution in [1.82, 2.24) is 10.6 Å². The number of hydrogen-bond donors (Lipinski definition) is 2. The van der Waals surface area contributed by atoms with E-state index in [0.717, 1.165) is 25.8 Å². The first-order valence-electron chi connectivity index (χ1n) is 6.84. The number of hydrogen-bond acceptors (Lipinski definition) is 2. The van der Waals surface area contributed by atoms with Gasteiger partial charge < -0.3 is 5.32 Å². The number of aryl methyl sites for hydroxylation is 1. The summed E-state index contributed by atoms with van der Waals surface area (Å²) in [6.45, 7) is 4.75. The number of amides is 1. The maximum absolute atomic E-state index is 11.8. The Morgan fingerprint density at radius 1 is 1.44 bits per heavy atom. The predicted molar refractivity (Wildman–Crippen MR) is 73.4 cm³/mol. The van der Waals surface area contributed by atoms with Crippen molar-refractivity contribution in [3.8, 4) is 0 Å². The average Bonchev–Trinajstić information content (AvgIpc) is 2.79. The lowest BCUT2D eigenvalue weighted by Gasteiger charge is -2.19. The molecule has 1 aliphatic rings. The van der Waals surface area contributed by atoms with Crippen LogP contribution >= 0.6 is 0 Å². The van der Waals surface area contributed by atoms with Gasteiger partial charge in [0.2, 0.25) is 5.91 Å². The Labute approximate surface area is 109 Å². The molecule has 0 fully saturated rings. The van der Waals surface area contributed by atoms with Crippen LogP contribution in [-0.2, 0) is 11.2 Å². The molecular weight excluding hydrogens is 224 g/mol. The third-order valence-electron chi connectivity index (χ3n) is 3.53. The molecule has 2 rings (SSSR count). The number of fused-ring (bicyclic) bond motifs is 1. The Bertz CT molecular complexity index is 417. The molecule has 18 heavy (non-hydrogen) atoms. The lowest BCUT2D eigenvalue weighted by atomic mass is 10.1. The number of benzene rings is 1. The standard InChI is InChI=1S/C15H22N2O/c1-3-10-16-15(18)11(2)17-14-9-8-12-6-4-5-7-13(12)14/h4-7,11,14,17H,3,8-10H2,1-2H3,(H,16,18). The van der Waals surface area contributed by atoms with Crippen LogP contribution < -0.4 is 10.6 Å². The molecule has 3 nitrogen and oxygen atoms in total. The number of carbonyl (C=O) groups is 1. The van der Waals surface area contributed by atoms with E-state index in [2.05, 4.69) is 41.8 Å². The quantitative estimate of drug-likeness (QED) is 0.836. The van der Waals surface area contributed by atoms with Gasteiger partial charge in [0.05, 0.1) is 6.04 Å². The zero-order valence-corrected chi connectivity index (χ0v) is 11.2. The van der Waals surface area contributed by atoms with Gasteiger partial charge in [-0.05, 0) is 37.3 Å². The van der Waals surface area contributed by atoms with Gasteiger partial charge in [0.1, 0.15) is 0 Å². The topological polar surface area (TPSA) is 41.1 Å². The van der Waals surface area contributed by atoms with Crippen molar-refractivity contribution in [2.24, 2.45) is 0 Å². The van der Waals surface area contributed by atoms with Gasteiger partial charge in [-0.25, -0.2) is 0 Å². The maximum atomic E-state index is 11.8. The number of rotatable bonds is 5. The molecule has 98 valence electrons. The number of nitrogens with one attached hydrogen (secondary N) is 2. The molecule has 1 aromatic rings. The fourth-order valence-corrected chi connectivity index (χ4v) is 2.51. The minimum Gasteiger partial charge on any atom is -0.355 e. The molecule has 1 amide bonds. The van der Waals surface area contributed by atoms with Gasteiger partial charge in [0, 0.05) is 12.6 Å². The second kappa shape index (κ2) is 6.01. The average molecular weight is 246 g/mol. The van der Waals surface area contributed by atoms with E-state index < -0.39 is 0 Å². The molecule has 2 N–H and O–H groups in total. The molecule has 0 aliphatic heterocycles. The highest BCUT2D eigenvalue weighted by Crippen LogP contribution is 2.30. The van der Waals surface area contributed by atoms with E-state index in [1.54, 1.807) is 0 Å². The zero-order chi connectivity index (χ0) is 13.0. The van der Waals surface area contributed by atoms with Gasteiger partial charge in [-0.3, -0.25) is 10.1 Å². The van der Waals surface area contributed by atoms with Crippen molar-refractivity contribution < 1.29 is 4.79 Å². The minimum absolute atomic E-state index is 0.0984. The van der Waals surface area contributed by atoms with Gasteiger partial charge in [0.15, 0.2) is 0 Å². The predicted octanol–water partition coefficient (Wildman–Crippen LogP) is 2.18. The molecule has 2 atom stereocenters. The lowest BCUT2D eigenvalue weighted by Crippen LogP contribution is -2.43. The van der Waals surface area contributed by atoms with Crippen molar-refractivity contribution in [2.45, 2.75) is 45.2 Å². The van der Waals surface area contributed by atoms with Crippen LogP contribution in [0.4, 0.5) is 0 Å². The summed E-state index contributed by atoms with van der Waals surface area (Å²) in [6.07, 6.45) is 3.17. The van der Waals surface area contributed by atoms with E-state index in [0.29, 0.717) is 6.04 Å². The SMILES string of the molecule is CCCNC(=O)C(C)NC1CCc2ccccc21. The highest BCUT2D eigenvalue weighted by Gasteiger charge is 2.24. The van der Waals surface area contributed by atoms with Crippen molar-refractivity contribution >= 4 is 5.91 Å². The van der Waals surface area contributed by atoms with Crippen LogP contribution in [0.25, 0.3) is 0 Å². The summed E-state index contributed by atoms with van der Waals surface area (Å²) in [5.41, 5.74) is 2.77. The van der Waals surface area contributed by atoms with Crippen LogP contribution in [0.15, 0.2) is 24.3 Å². The van der Waals surface area contributed by atoms with Gasteiger partial charge >= 0.3 is 0 Å². The van der Waals surface area contributed by atoms with Crippen LogP contribution in [0.1, 0.15) is 43.9 Å². The van der Waals surface area contributed by atoms with Crippen molar-refractivity contribution in [3.63, 3.8) is 0 Å². The summed E-state index contributed by atoms with van der Waals surface area (Å²) in [6, 6.07) is 8.69. The molecular formula is C15H22N2O. The van der Waals surface area contributed by atoms with Gasteiger partial charge in [-0.2, -0.15) is 0 Å². The second-order valence-electron chi connectivity index (χ2n) is 4.97. The van der Waals surface area contributed by atoms with Gasteiger partial charge in [-0.15, -0.1) is 0 Å². The number of carbonyl (C=O) groups excluding carboxylic acids is 1. The Hall–Kier alpha value is -1.35. The summed E-state index contributed by atoms with van der Waals surface area (Å²) in [4.78, 5) is 11.8. The van der Waals surface area contributed by atoms with Crippen molar-refractivity contribution in [2.75, 3.05) is 6.54 Å². The smallest absolute Gasteiger partial charge is 0.236 e. The van der Waals surface area contributed by atoms with Crippen LogP contribution in [0, 0.1) is 0 Å². The Kier molecular flexibility index (Phi) is 4.37. The highest BCUT2D eigenvalue weighted by molar-refractivity contribution is 5.81. The first-order valence-corrected chi connectivity index (χ1v) is 6.84. The van der Waals surface area contributed by atoms with E-state index >= 15 is 0 Å². The molecule has 0 spiro atoms. The largest absolute Gasteiger partial charge is 0.355 e. The van der Waals surface area contributed by atoms with Gasteiger partial charge in [0.25, 0.3) is 0 Å². The summed E-state index contributed by atoms with van der Waals surface area (Å²) in [5.74, 6) is 0.0984. The minimum atomic E-state index is -0.132. The molecule has 0 saturated heterocycles. The molecule has 0 heterocycles. The lowest BCUT2D eigenvalue weighted by molar-refractivity contribution is -0.122. The second-order valence-corrected chi connectivity index (χ2v) is 4.97. The monoisotopic (exact) mass is 246 g/mol. The van der Waals surface area contributed by atoms with E-state index in [-0.39, 0.29) is 11.9 Å². The Morgan fingerprint density at radius 2 is 2.22 bits per heavy atom. The molecule has 0 aromatic heterocycles. The van der Waals surface area contributed by atoms with E-state index in [1.165, 1.54) is 11.1 Å². The van der Waals surface area contributed by atoms with Crippen LogP contribution in [0.3, 0.4) is 0 Å². The molecule has 0 radical (unpaired) electrons. The molecule has 1 aliphatic carbocycles. The normalized spacial score (nSPS) is 19.3. The Morgan fingerprint density at radius 3 is 3.00 bits per heavy atom. The van der Waals surface area contributed by atoms with Crippen LogP contribution in [0.2, 0.25) is 0 Å². The van der Waals surface area contributed by atoms with E-state index in [9.17, 15) is 4.79 Å². The third kappa shape index (κ3) is 2.91. The summed E-state index contributed by atoms with van der Waals surface area (Å²) < 4.78 is 0. The maximum Gasteiger partial charge on any atom is 0.236 e. The summed E-state index contributed by atoms with van der Waals surface area (Å²) >= 11 is 0. The van der Waals surface area contributed by atoms with Crippen molar-refractivity contribution in [3.05, 3.63) is 35.4 Å². The molecule has 1 aromatic carbocycles. The van der Waals surface area contributed by atoms with E-state index in [4.69, 9.17) is 0 Å². The fourth-order valence-electron chi connectivity index (χ4n) is 2.51. The highest BCUT2D eigenvalue weighted by atomic mass is 16.2. The molecule has 3 heteroatoms. The van der Waals surface area contributed by atoms with Crippen LogP contribution in [0.5, 0.6) is 0 Å². The first kappa shape index (κ1) is 13.1. The fraction of sp³-hybridized carbons (Fsp3) is 0.533. The zero-order valence-electron chi connectivity index (χ0n) is 11.2. The Balaban J connectivity index is 1.93. The first-order chi connectivity index (χ1) is 8.72.